The lowest BCUT2D eigenvalue weighted by atomic mass is 10.1. The molecule has 0 radical (unpaired) electrons. The minimum atomic E-state index is 0.247. The fourth-order valence-electron chi connectivity index (χ4n) is 1.32. The van der Waals surface area contributed by atoms with Crippen molar-refractivity contribution >= 4 is 23.5 Å². The number of nitrogens with zero attached hydrogens (tertiary/aromatic N) is 2. The molecule has 0 aromatic heterocycles. The van der Waals surface area contributed by atoms with E-state index in [0.717, 1.165) is 0 Å². The summed E-state index contributed by atoms with van der Waals surface area (Å²) in [5.41, 5.74) is 1.21. The van der Waals surface area contributed by atoms with E-state index in [9.17, 15) is 9.59 Å². The van der Waals surface area contributed by atoms with Crippen molar-refractivity contribution in [3.63, 3.8) is 0 Å². The molecule has 0 heterocycles. The molecule has 0 saturated carbocycles. The molecule has 6 heteroatoms. The fraction of sp³-hybridized carbons (Fsp3) is 0.273. The highest BCUT2D eigenvalue weighted by molar-refractivity contribution is 5.68. The van der Waals surface area contributed by atoms with Gasteiger partial charge in [-0.05, 0) is 12.1 Å². The van der Waals surface area contributed by atoms with E-state index in [1.807, 2.05) is 0 Å². The Bertz CT molecular complexity index is 500. The summed E-state index contributed by atoms with van der Waals surface area (Å²) in [6.45, 7) is 0.252. The van der Waals surface area contributed by atoms with Gasteiger partial charge < -0.3 is 9.47 Å². The SMILES string of the molecule is COCc1cc(OC)c(N=C=O)cc1N=C=O. The predicted octanol–water partition coefficient (Wildman–Crippen LogP) is 1.78. The molecule has 0 amide bonds. The van der Waals surface area contributed by atoms with Gasteiger partial charge in [0.25, 0.3) is 0 Å². The smallest absolute Gasteiger partial charge is 0.240 e. The van der Waals surface area contributed by atoms with Gasteiger partial charge in [0.1, 0.15) is 11.4 Å². The van der Waals surface area contributed by atoms with Crippen molar-refractivity contribution < 1.29 is 19.1 Å². The number of carbonyl (C=O) groups excluding carboxylic acids is 2. The molecule has 0 bridgehead atoms. The van der Waals surface area contributed by atoms with Crippen LogP contribution in [0.1, 0.15) is 5.56 Å². The third-order valence-electron chi connectivity index (χ3n) is 2.01. The molecule has 1 rings (SSSR count). The van der Waals surface area contributed by atoms with E-state index < -0.39 is 0 Å². The molecule has 17 heavy (non-hydrogen) atoms. The van der Waals surface area contributed by atoms with Crippen LogP contribution in [0.3, 0.4) is 0 Å². The first-order chi connectivity index (χ1) is 8.26. The van der Waals surface area contributed by atoms with E-state index in [1.165, 1.54) is 32.4 Å². The summed E-state index contributed by atoms with van der Waals surface area (Å²) in [6.07, 6.45) is 2.83. The number of ether oxygens (including phenoxy) is 2. The molecule has 88 valence electrons. The van der Waals surface area contributed by atoms with Crippen LogP contribution in [-0.2, 0) is 20.9 Å². The molecule has 0 spiro atoms. The summed E-state index contributed by atoms with van der Waals surface area (Å²) in [7, 11) is 2.96. The number of aliphatic imine (C=N–C) groups is 2. The molecule has 6 nitrogen and oxygen atoms in total. The van der Waals surface area contributed by atoms with E-state index in [2.05, 4.69) is 9.98 Å². The first kappa shape index (κ1) is 12.8. The molecule has 0 saturated heterocycles. The van der Waals surface area contributed by atoms with Gasteiger partial charge in [-0.2, -0.15) is 9.98 Å². The third kappa shape index (κ3) is 3.09. The zero-order valence-electron chi connectivity index (χ0n) is 9.39. The van der Waals surface area contributed by atoms with Crippen molar-refractivity contribution in [1.82, 2.24) is 0 Å². The normalized spacial score (nSPS) is 9.06. The van der Waals surface area contributed by atoms with E-state index in [0.29, 0.717) is 17.0 Å². The van der Waals surface area contributed by atoms with Crippen LogP contribution in [-0.4, -0.2) is 26.4 Å². The van der Waals surface area contributed by atoms with Crippen molar-refractivity contribution in [3.05, 3.63) is 17.7 Å². The average molecular weight is 234 g/mol. The fourth-order valence-corrected chi connectivity index (χ4v) is 1.32. The van der Waals surface area contributed by atoms with Gasteiger partial charge >= 0.3 is 0 Å². The first-order valence-corrected chi connectivity index (χ1v) is 4.62. The molecule has 0 fully saturated rings. The van der Waals surface area contributed by atoms with Gasteiger partial charge in [0.2, 0.25) is 12.2 Å². The number of hydrogen-bond acceptors (Lipinski definition) is 6. The molecule has 1 aromatic carbocycles. The number of isocyanates is 2. The zero-order chi connectivity index (χ0) is 12.7. The Morgan fingerprint density at radius 3 is 2.29 bits per heavy atom. The molecule has 0 aliphatic heterocycles. The van der Waals surface area contributed by atoms with Gasteiger partial charge in [-0.3, -0.25) is 0 Å². The van der Waals surface area contributed by atoms with Gasteiger partial charge in [0, 0.05) is 12.7 Å². The molecule has 0 aliphatic carbocycles. The summed E-state index contributed by atoms with van der Waals surface area (Å²) in [5.74, 6) is 0.380. The lowest BCUT2D eigenvalue weighted by Gasteiger charge is -2.08. The standard InChI is InChI=1S/C11H10N2O4/c1-16-5-8-3-11(17-2)10(13-7-15)4-9(8)12-6-14/h3-4H,5H2,1-2H3. The summed E-state index contributed by atoms with van der Waals surface area (Å²) in [6, 6.07) is 3.03. The predicted molar refractivity (Wildman–Crippen MR) is 59.3 cm³/mol. The average Bonchev–Trinajstić information content (AvgIpc) is 2.33. The number of rotatable bonds is 5. The second-order valence-electron chi connectivity index (χ2n) is 2.99. The number of methoxy groups -OCH3 is 2. The zero-order valence-corrected chi connectivity index (χ0v) is 9.39. The van der Waals surface area contributed by atoms with E-state index >= 15 is 0 Å². The van der Waals surface area contributed by atoms with Gasteiger partial charge in [-0.1, -0.05) is 0 Å². The highest BCUT2D eigenvalue weighted by Crippen LogP contribution is 2.35. The Morgan fingerprint density at radius 1 is 1.12 bits per heavy atom. The van der Waals surface area contributed by atoms with E-state index in [1.54, 1.807) is 6.07 Å². The molecular formula is C11H10N2O4. The van der Waals surface area contributed by atoms with E-state index in [4.69, 9.17) is 9.47 Å². The van der Waals surface area contributed by atoms with Crippen molar-refractivity contribution in [3.8, 4) is 5.75 Å². The molecule has 1 aromatic rings. The van der Waals surface area contributed by atoms with Crippen molar-refractivity contribution in [2.45, 2.75) is 6.61 Å². The summed E-state index contributed by atoms with van der Waals surface area (Å²) in [5, 5.41) is 0. The molecule has 0 N–H and O–H groups in total. The van der Waals surface area contributed by atoms with Crippen molar-refractivity contribution in [1.29, 1.82) is 0 Å². The monoisotopic (exact) mass is 234 g/mol. The largest absolute Gasteiger partial charge is 0.494 e. The highest BCUT2D eigenvalue weighted by atomic mass is 16.5. The molecule has 0 aliphatic rings. The third-order valence-corrected chi connectivity index (χ3v) is 2.01. The lowest BCUT2D eigenvalue weighted by molar-refractivity contribution is 0.185. The Morgan fingerprint density at radius 2 is 1.76 bits per heavy atom. The van der Waals surface area contributed by atoms with Gasteiger partial charge in [-0.25, -0.2) is 9.59 Å². The van der Waals surface area contributed by atoms with Gasteiger partial charge in [-0.15, -0.1) is 0 Å². The molecule has 0 unspecified atom stereocenters. The number of hydrogen-bond donors (Lipinski definition) is 0. The van der Waals surface area contributed by atoms with E-state index in [-0.39, 0.29) is 12.3 Å². The number of benzene rings is 1. The summed E-state index contributed by atoms with van der Waals surface area (Å²) < 4.78 is 10.0. The van der Waals surface area contributed by atoms with Crippen LogP contribution < -0.4 is 4.74 Å². The van der Waals surface area contributed by atoms with Gasteiger partial charge in [0.15, 0.2) is 0 Å². The molecule has 0 atom stereocenters. The topological polar surface area (TPSA) is 77.3 Å². The van der Waals surface area contributed by atoms with Crippen LogP contribution in [0.2, 0.25) is 0 Å². The molecular weight excluding hydrogens is 224 g/mol. The Balaban J connectivity index is 3.40. The maximum absolute atomic E-state index is 10.3. The quantitative estimate of drug-likeness (QED) is 0.574. The Kier molecular flexibility index (Phi) is 4.78. The van der Waals surface area contributed by atoms with Crippen molar-refractivity contribution in [2.24, 2.45) is 9.98 Å². The second kappa shape index (κ2) is 6.35. The van der Waals surface area contributed by atoms with Crippen LogP contribution in [0, 0.1) is 0 Å². The summed E-state index contributed by atoms with van der Waals surface area (Å²) in [4.78, 5) is 27.5. The minimum Gasteiger partial charge on any atom is -0.494 e. The van der Waals surface area contributed by atoms with Crippen LogP contribution >= 0.6 is 0 Å². The van der Waals surface area contributed by atoms with Crippen LogP contribution in [0.25, 0.3) is 0 Å². The Labute approximate surface area is 97.6 Å². The maximum Gasteiger partial charge on any atom is 0.240 e. The first-order valence-electron chi connectivity index (χ1n) is 4.62. The minimum absolute atomic E-state index is 0.247. The lowest BCUT2D eigenvalue weighted by Crippen LogP contribution is -1.91. The van der Waals surface area contributed by atoms with Crippen LogP contribution in [0.5, 0.6) is 5.75 Å². The Hall–Kier alpha value is -2.26. The van der Waals surface area contributed by atoms with Gasteiger partial charge in [0.05, 0.1) is 19.4 Å². The summed E-state index contributed by atoms with van der Waals surface area (Å²) >= 11 is 0. The maximum atomic E-state index is 10.3. The van der Waals surface area contributed by atoms with Crippen molar-refractivity contribution in [2.75, 3.05) is 14.2 Å². The second-order valence-corrected chi connectivity index (χ2v) is 2.99. The highest BCUT2D eigenvalue weighted by Gasteiger charge is 2.10. The van der Waals surface area contributed by atoms with Crippen LogP contribution in [0.4, 0.5) is 11.4 Å². The van der Waals surface area contributed by atoms with Crippen LogP contribution in [0.15, 0.2) is 22.1 Å².